The largest absolute Gasteiger partial charge is 0.493 e. The minimum Gasteiger partial charge on any atom is -0.493 e. The van der Waals surface area contributed by atoms with E-state index in [0.717, 1.165) is 27.7 Å². The van der Waals surface area contributed by atoms with Crippen molar-refractivity contribution in [1.82, 2.24) is 0 Å². The summed E-state index contributed by atoms with van der Waals surface area (Å²) in [5.41, 5.74) is 2.86. The van der Waals surface area contributed by atoms with Crippen LogP contribution in [0.4, 0.5) is 5.69 Å². The van der Waals surface area contributed by atoms with E-state index in [4.69, 9.17) is 21.1 Å². The Morgan fingerprint density at radius 3 is 2.67 bits per heavy atom. The van der Waals surface area contributed by atoms with Crippen molar-refractivity contribution < 1.29 is 9.47 Å². The summed E-state index contributed by atoms with van der Waals surface area (Å²) in [4.78, 5) is 4.54. The summed E-state index contributed by atoms with van der Waals surface area (Å²) in [6.07, 6.45) is 2.74. The summed E-state index contributed by atoms with van der Waals surface area (Å²) in [7, 11) is 1.61. The molecule has 0 bridgehead atoms. The topological polar surface area (TPSA) is 30.8 Å². The van der Waals surface area contributed by atoms with Crippen LogP contribution < -0.4 is 9.47 Å². The standard InChI is InChI=1S/C19H21BrClNO2/c1-5-13(3)24-19-16(21)9-14(10-18(19)23-4)11-22-17-7-6-15(20)8-12(17)2/h6-11,13H,5H2,1-4H3/t13-/m0/s1. The monoisotopic (exact) mass is 409 g/mol. The number of aliphatic imine (C=N–C) groups is 1. The van der Waals surface area contributed by atoms with Crippen LogP contribution in [0.3, 0.4) is 0 Å². The Balaban J connectivity index is 2.31. The lowest BCUT2D eigenvalue weighted by Gasteiger charge is -2.17. The fraction of sp³-hybridized carbons (Fsp3) is 0.316. The fourth-order valence-corrected chi connectivity index (χ4v) is 2.86. The third kappa shape index (κ3) is 4.74. The Morgan fingerprint density at radius 1 is 1.29 bits per heavy atom. The van der Waals surface area contributed by atoms with Crippen LogP contribution >= 0.6 is 27.5 Å². The van der Waals surface area contributed by atoms with E-state index in [9.17, 15) is 0 Å². The lowest BCUT2D eigenvalue weighted by molar-refractivity contribution is 0.208. The number of hydrogen-bond donors (Lipinski definition) is 0. The van der Waals surface area contributed by atoms with Gasteiger partial charge in [-0.1, -0.05) is 34.5 Å². The van der Waals surface area contributed by atoms with E-state index >= 15 is 0 Å². The van der Waals surface area contributed by atoms with Gasteiger partial charge in [0.2, 0.25) is 0 Å². The summed E-state index contributed by atoms with van der Waals surface area (Å²) < 4.78 is 12.3. The molecule has 0 unspecified atom stereocenters. The zero-order chi connectivity index (χ0) is 17.7. The number of aryl methyl sites for hydroxylation is 1. The molecule has 2 aromatic carbocycles. The van der Waals surface area contributed by atoms with Gasteiger partial charge in [-0.2, -0.15) is 0 Å². The average molecular weight is 411 g/mol. The molecule has 0 fully saturated rings. The molecule has 0 N–H and O–H groups in total. The summed E-state index contributed by atoms with van der Waals surface area (Å²) in [6, 6.07) is 9.68. The first-order chi connectivity index (χ1) is 11.4. The first-order valence-corrected chi connectivity index (χ1v) is 8.96. The van der Waals surface area contributed by atoms with Gasteiger partial charge in [0.1, 0.15) is 0 Å². The highest BCUT2D eigenvalue weighted by molar-refractivity contribution is 9.10. The van der Waals surface area contributed by atoms with Gasteiger partial charge in [-0.3, -0.25) is 4.99 Å². The summed E-state index contributed by atoms with van der Waals surface area (Å²) in [6.45, 7) is 6.09. The summed E-state index contributed by atoms with van der Waals surface area (Å²) in [5, 5.41) is 0.517. The molecule has 0 spiro atoms. The minimum atomic E-state index is 0.0707. The number of ether oxygens (including phenoxy) is 2. The minimum absolute atomic E-state index is 0.0707. The van der Waals surface area contributed by atoms with Gasteiger partial charge in [-0.05, 0) is 61.7 Å². The molecule has 24 heavy (non-hydrogen) atoms. The molecular weight excluding hydrogens is 390 g/mol. The second-order valence-corrected chi connectivity index (χ2v) is 6.88. The molecule has 0 aliphatic carbocycles. The average Bonchev–Trinajstić information content (AvgIpc) is 2.55. The SMILES string of the molecule is CC[C@H](C)Oc1c(Cl)cc(C=Nc2ccc(Br)cc2C)cc1OC. The van der Waals surface area contributed by atoms with Gasteiger partial charge in [-0.25, -0.2) is 0 Å². The van der Waals surface area contributed by atoms with Crippen molar-refractivity contribution in [3.05, 3.63) is 51.0 Å². The number of nitrogens with zero attached hydrogens (tertiary/aromatic N) is 1. The van der Waals surface area contributed by atoms with Gasteiger partial charge in [0.05, 0.1) is 23.9 Å². The highest BCUT2D eigenvalue weighted by atomic mass is 79.9. The van der Waals surface area contributed by atoms with Crippen LogP contribution in [-0.4, -0.2) is 19.4 Å². The van der Waals surface area contributed by atoms with Gasteiger partial charge < -0.3 is 9.47 Å². The van der Waals surface area contributed by atoms with E-state index in [0.29, 0.717) is 16.5 Å². The maximum Gasteiger partial charge on any atom is 0.180 e. The molecule has 0 amide bonds. The first-order valence-electron chi connectivity index (χ1n) is 7.79. The summed E-state index contributed by atoms with van der Waals surface area (Å²) >= 11 is 9.83. The number of benzene rings is 2. The van der Waals surface area contributed by atoms with Crippen molar-refractivity contribution >= 4 is 39.4 Å². The Morgan fingerprint density at radius 2 is 2.04 bits per heavy atom. The van der Waals surface area contributed by atoms with E-state index in [1.165, 1.54) is 0 Å². The lowest BCUT2D eigenvalue weighted by atomic mass is 10.2. The molecule has 0 aromatic heterocycles. The van der Waals surface area contributed by atoms with Crippen LogP contribution in [0.1, 0.15) is 31.4 Å². The molecule has 0 saturated heterocycles. The van der Waals surface area contributed by atoms with Crippen LogP contribution in [0.5, 0.6) is 11.5 Å². The molecule has 0 radical (unpaired) electrons. The number of rotatable bonds is 6. The van der Waals surface area contributed by atoms with Crippen molar-refractivity contribution in [1.29, 1.82) is 0 Å². The number of halogens is 2. The molecule has 5 heteroatoms. The van der Waals surface area contributed by atoms with Gasteiger partial charge in [0.15, 0.2) is 11.5 Å². The molecule has 0 aliphatic heterocycles. The number of methoxy groups -OCH3 is 1. The van der Waals surface area contributed by atoms with Crippen molar-refractivity contribution in [3.63, 3.8) is 0 Å². The fourth-order valence-electron chi connectivity index (χ4n) is 2.12. The Labute approximate surface area is 156 Å². The van der Waals surface area contributed by atoms with E-state index in [1.54, 1.807) is 13.3 Å². The zero-order valence-corrected chi connectivity index (χ0v) is 16.6. The van der Waals surface area contributed by atoms with Gasteiger partial charge >= 0.3 is 0 Å². The molecule has 1 atom stereocenters. The Bertz CT molecular complexity index is 746. The predicted octanol–water partition coefficient (Wildman–Crippen LogP) is 6.35. The predicted molar refractivity (Wildman–Crippen MR) is 105 cm³/mol. The Hall–Kier alpha value is -1.52. The second kappa shape index (κ2) is 8.54. The second-order valence-electron chi connectivity index (χ2n) is 5.56. The van der Waals surface area contributed by atoms with Crippen LogP contribution in [0.15, 0.2) is 39.8 Å². The molecule has 128 valence electrons. The van der Waals surface area contributed by atoms with E-state index in [2.05, 4.69) is 27.8 Å². The van der Waals surface area contributed by atoms with Crippen LogP contribution in [-0.2, 0) is 0 Å². The maximum atomic E-state index is 6.38. The van der Waals surface area contributed by atoms with E-state index < -0.39 is 0 Å². The molecule has 0 heterocycles. The first kappa shape index (κ1) is 18.8. The molecule has 0 saturated carbocycles. The third-order valence-corrected chi connectivity index (χ3v) is 4.43. The van der Waals surface area contributed by atoms with Gasteiger partial charge in [0, 0.05) is 10.7 Å². The molecule has 3 nitrogen and oxygen atoms in total. The number of hydrogen-bond acceptors (Lipinski definition) is 3. The van der Waals surface area contributed by atoms with Crippen molar-refractivity contribution in [2.24, 2.45) is 4.99 Å². The van der Waals surface area contributed by atoms with E-state index in [-0.39, 0.29) is 6.10 Å². The normalized spacial score (nSPS) is 12.4. The van der Waals surface area contributed by atoms with Crippen molar-refractivity contribution in [3.8, 4) is 11.5 Å². The lowest BCUT2D eigenvalue weighted by Crippen LogP contribution is -2.11. The van der Waals surface area contributed by atoms with Crippen LogP contribution in [0.2, 0.25) is 5.02 Å². The zero-order valence-electron chi connectivity index (χ0n) is 14.3. The molecule has 2 rings (SSSR count). The maximum absolute atomic E-state index is 6.38. The molecular formula is C19H21BrClNO2. The van der Waals surface area contributed by atoms with E-state index in [1.807, 2.05) is 44.2 Å². The van der Waals surface area contributed by atoms with Crippen molar-refractivity contribution in [2.45, 2.75) is 33.3 Å². The molecule has 0 aliphatic rings. The summed E-state index contributed by atoms with van der Waals surface area (Å²) in [5.74, 6) is 1.18. The quantitative estimate of drug-likeness (QED) is 0.520. The van der Waals surface area contributed by atoms with Crippen LogP contribution in [0.25, 0.3) is 0 Å². The highest BCUT2D eigenvalue weighted by Gasteiger charge is 2.14. The van der Waals surface area contributed by atoms with Crippen LogP contribution in [0, 0.1) is 6.92 Å². The Kier molecular flexibility index (Phi) is 6.69. The molecule has 2 aromatic rings. The third-order valence-electron chi connectivity index (χ3n) is 3.66. The van der Waals surface area contributed by atoms with Crippen molar-refractivity contribution in [2.75, 3.05) is 7.11 Å². The van der Waals surface area contributed by atoms with Gasteiger partial charge in [0.25, 0.3) is 0 Å². The smallest absolute Gasteiger partial charge is 0.180 e. The van der Waals surface area contributed by atoms with Gasteiger partial charge in [-0.15, -0.1) is 0 Å². The highest BCUT2D eigenvalue weighted by Crippen LogP contribution is 2.37.